The maximum absolute atomic E-state index is 11.5. The van der Waals surface area contributed by atoms with Crippen molar-refractivity contribution in [3.8, 4) is 11.5 Å². The van der Waals surface area contributed by atoms with E-state index in [9.17, 15) is 10.2 Å². The zero-order chi connectivity index (χ0) is 30.0. The molecule has 1 aliphatic rings. The maximum Gasteiger partial charge on any atom is 0.124 e. The smallest absolute Gasteiger partial charge is 0.124 e. The van der Waals surface area contributed by atoms with E-state index in [0.29, 0.717) is 11.5 Å². The Bertz CT molecular complexity index is 1410. The van der Waals surface area contributed by atoms with Crippen LogP contribution in [0, 0.1) is 27.7 Å². The molecule has 4 aromatic carbocycles. The molecule has 2 N–H and O–H groups in total. The first-order chi connectivity index (χ1) is 20.2. The van der Waals surface area contributed by atoms with E-state index in [1.807, 2.05) is 12.1 Å². The molecule has 0 saturated carbocycles. The molecular formula is C38H46N2O2. The Kier molecular flexibility index (Phi) is 9.05. The van der Waals surface area contributed by atoms with Gasteiger partial charge in [0.1, 0.15) is 11.5 Å². The second-order valence-corrected chi connectivity index (χ2v) is 12.3. The molecule has 4 nitrogen and oxygen atoms in total. The Hall–Kier alpha value is -3.60. The molecule has 1 fully saturated rings. The highest BCUT2D eigenvalue weighted by molar-refractivity contribution is 5.53. The van der Waals surface area contributed by atoms with E-state index in [1.54, 1.807) is 0 Å². The number of rotatable bonds is 8. The van der Waals surface area contributed by atoms with Crippen LogP contribution in [-0.2, 0) is 13.1 Å². The summed E-state index contributed by atoms with van der Waals surface area (Å²) in [6.07, 6.45) is 0. The number of aryl methyl sites for hydroxylation is 2. The van der Waals surface area contributed by atoms with Crippen molar-refractivity contribution in [1.82, 2.24) is 9.80 Å². The predicted molar refractivity (Wildman–Crippen MR) is 174 cm³/mol. The van der Waals surface area contributed by atoms with E-state index in [1.165, 1.54) is 33.4 Å². The van der Waals surface area contributed by atoms with Crippen molar-refractivity contribution in [2.45, 2.75) is 66.5 Å². The summed E-state index contributed by atoms with van der Waals surface area (Å²) in [5, 5.41) is 23.0. The Balaban J connectivity index is 1.30. The summed E-state index contributed by atoms with van der Waals surface area (Å²) in [7, 11) is 0. The topological polar surface area (TPSA) is 46.9 Å². The summed E-state index contributed by atoms with van der Waals surface area (Å²) in [5.74, 6) is 1.14. The minimum Gasteiger partial charge on any atom is -0.507 e. The SMILES string of the molecule is Cc1cc([C@H](C)c2ccccc2)c(O)c(CN2CCN(Cc3c(C)c(C)cc([C@@H](C)c4ccccc4)c3O)CC2)c1C. The van der Waals surface area contributed by atoms with Crippen LogP contribution in [0.4, 0.5) is 0 Å². The van der Waals surface area contributed by atoms with Crippen molar-refractivity contribution in [1.29, 1.82) is 0 Å². The fourth-order valence-electron chi connectivity index (χ4n) is 6.44. The first-order valence-electron chi connectivity index (χ1n) is 15.3. The van der Waals surface area contributed by atoms with Gasteiger partial charge in [-0.3, -0.25) is 9.80 Å². The van der Waals surface area contributed by atoms with Gasteiger partial charge >= 0.3 is 0 Å². The molecule has 2 atom stereocenters. The van der Waals surface area contributed by atoms with Gasteiger partial charge < -0.3 is 10.2 Å². The van der Waals surface area contributed by atoms with Gasteiger partial charge in [0.2, 0.25) is 0 Å². The molecule has 0 spiro atoms. The standard InChI is InChI=1S/C38H46N2O2/c1-25-21-33(29(5)31-13-9-7-10-14-31)37(41)35(27(25)3)23-39-17-19-40(20-18-39)24-36-28(4)26(2)22-34(38(36)42)30(6)32-15-11-8-12-16-32/h7-16,21-22,29-30,41-42H,17-20,23-24H2,1-6H3/t29-,30+. The highest BCUT2D eigenvalue weighted by atomic mass is 16.3. The van der Waals surface area contributed by atoms with Crippen molar-refractivity contribution in [2.75, 3.05) is 26.2 Å². The average molecular weight is 563 g/mol. The number of benzene rings is 4. The van der Waals surface area contributed by atoms with Gasteiger partial charge in [0.05, 0.1) is 0 Å². The Morgan fingerprint density at radius 2 is 0.905 bits per heavy atom. The molecule has 1 heterocycles. The molecular weight excluding hydrogens is 516 g/mol. The highest BCUT2D eigenvalue weighted by Crippen LogP contribution is 2.39. The molecule has 0 bridgehead atoms. The van der Waals surface area contributed by atoms with Crippen molar-refractivity contribution < 1.29 is 10.2 Å². The number of hydrogen-bond acceptors (Lipinski definition) is 4. The largest absolute Gasteiger partial charge is 0.507 e. The number of phenolic OH excluding ortho intramolecular Hbond substituents is 2. The number of nitrogens with zero attached hydrogens (tertiary/aromatic N) is 2. The van der Waals surface area contributed by atoms with Gasteiger partial charge in [-0.1, -0.05) is 86.6 Å². The minimum atomic E-state index is 0.126. The summed E-state index contributed by atoms with van der Waals surface area (Å²) >= 11 is 0. The van der Waals surface area contributed by atoms with E-state index in [-0.39, 0.29) is 11.8 Å². The van der Waals surface area contributed by atoms with Gasteiger partial charge in [0, 0.05) is 73.4 Å². The molecule has 0 aromatic heterocycles. The third-order valence-electron chi connectivity index (χ3n) is 9.71. The molecule has 0 unspecified atom stereocenters. The van der Waals surface area contributed by atoms with Crippen LogP contribution in [0.5, 0.6) is 11.5 Å². The van der Waals surface area contributed by atoms with Gasteiger partial charge in [0.25, 0.3) is 0 Å². The molecule has 0 radical (unpaired) electrons. The van der Waals surface area contributed by atoms with Gasteiger partial charge in [0.15, 0.2) is 0 Å². The lowest BCUT2D eigenvalue weighted by Gasteiger charge is -2.36. The van der Waals surface area contributed by atoms with Crippen molar-refractivity contribution in [3.05, 3.63) is 128 Å². The van der Waals surface area contributed by atoms with Crippen molar-refractivity contribution >= 4 is 0 Å². The second kappa shape index (κ2) is 12.7. The van der Waals surface area contributed by atoms with Crippen LogP contribution in [0.3, 0.4) is 0 Å². The summed E-state index contributed by atoms with van der Waals surface area (Å²) in [5.41, 5.74) is 11.3. The molecule has 0 amide bonds. The fourth-order valence-corrected chi connectivity index (χ4v) is 6.44. The summed E-state index contributed by atoms with van der Waals surface area (Å²) in [6.45, 7) is 18.1. The molecule has 5 rings (SSSR count). The van der Waals surface area contributed by atoms with Gasteiger partial charge in [-0.05, 0) is 61.1 Å². The number of hydrogen-bond donors (Lipinski definition) is 2. The summed E-state index contributed by atoms with van der Waals surface area (Å²) in [4.78, 5) is 4.92. The second-order valence-electron chi connectivity index (χ2n) is 12.3. The van der Waals surface area contributed by atoms with E-state index >= 15 is 0 Å². The van der Waals surface area contributed by atoms with Crippen molar-refractivity contribution in [3.63, 3.8) is 0 Å². The van der Waals surface area contributed by atoms with Crippen LogP contribution in [0.15, 0.2) is 72.8 Å². The minimum absolute atomic E-state index is 0.126. The highest BCUT2D eigenvalue weighted by Gasteiger charge is 2.25. The first-order valence-corrected chi connectivity index (χ1v) is 15.3. The fraction of sp³-hybridized carbons (Fsp3) is 0.368. The first kappa shape index (κ1) is 29.9. The third-order valence-corrected chi connectivity index (χ3v) is 9.71. The molecule has 0 aliphatic carbocycles. The van der Waals surface area contributed by atoms with E-state index in [2.05, 4.69) is 112 Å². The monoisotopic (exact) mass is 562 g/mol. The average Bonchev–Trinajstić information content (AvgIpc) is 3.02. The number of piperazine rings is 1. The van der Waals surface area contributed by atoms with Crippen LogP contribution in [0.1, 0.15) is 81.3 Å². The summed E-state index contributed by atoms with van der Waals surface area (Å²) in [6, 6.07) is 25.2. The zero-order valence-electron chi connectivity index (χ0n) is 26.1. The normalized spacial score (nSPS) is 16.0. The van der Waals surface area contributed by atoms with Gasteiger partial charge in [-0.25, -0.2) is 0 Å². The lowest BCUT2D eigenvalue weighted by Crippen LogP contribution is -2.45. The zero-order valence-corrected chi connectivity index (χ0v) is 26.1. The molecule has 4 aromatic rings. The van der Waals surface area contributed by atoms with Crippen LogP contribution in [0.25, 0.3) is 0 Å². The van der Waals surface area contributed by atoms with Crippen LogP contribution < -0.4 is 0 Å². The Labute approximate surface area is 252 Å². The van der Waals surface area contributed by atoms with Crippen LogP contribution in [-0.4, -0.2) is 46.2 Å². The maximum atomic E-state index is 11.5. The molecule has 4 heteroatoms. The lowest BCUT2D eigenvalue weighted by atomic mass is 9.87. The van der Waals surface area contributed by atoms with E-state index in [0.717, 1.165) is 61.5 Å². The lowest BCUT2D eigenvalue weighted by molar-refractivity contribution is 0.120. The molecule has 1 saturated heterocycles. The number of phenols is 2. The Morgan fingerprint density at radius 1 is 0.571 bits per heavy atom. The van der Waals surface area contributed by atoms with Crippen LogP contribution >= 0.6 is 0 Å². The molecule has 1 aliphatic heterocycles. The Morgan fingerprint density at radius 3 is 1.24 bits per heavy atom. The van der Waals surface area contributed by atoms with E-state index in [4.69, 9.17) is 0 Å². The third kappa shape index (κ3) is 6.11. The number of aromatic hydroxyl groups is 2. The van der Waals surface area contributed by atoms with E-state index < -0.39 is 0 Å². The molecule has 42 heavy (non-hydrogen) atoms. The van der Waals surface area contributed by atoms with Gasteiger partial charge in [-0.15, -0.1) is 0 Å². The predicted octanol–water partition coefficient (Wildman–Crippen LogP) is 7.95. The van der Waals surface area contributed by atoms with Crippen LogP contribution in [0.2, 0.25) is 0 Å². The molecule has 220 valence electrons. The summed E-state index contributed by atoms with van der Waals surface area (Å²) < 4.78 is 0. The quantitative estimate of drug-likeness (QED) is 0.229. The van der Waals surface area contributed by atoms with Crippen molar-refractivity contribution in [2.24, 2.45) is 0 Å². The van der Waals surface area contributed by atoms with Gasteiger partial charge in [-0.2, -0.15) is 0 Å².